The van der Waals surface area contributed by atoms with E-state index < -0.39 is 28.6 Å². The van der Waals surface area contributed by atoms with Crippen molar-refractivity contribution in [1.82, 2.24) is 0 Å². The minimum atomic E-state index is -3.88. The fourth-order valence-corrected chi connectivity index (χ4v) is 3.65. The summed E-state index contributed by atoms with van der Waals surface area (Å²) in [7, 11) is -1.01. The van der Waals surface area contributed by atoms with Crippen LogP contribution in [0.3, 0.4) is 0 Å². The summed E-state index contributed by atoms with van der Waals surface area (Å²) in [6.07, 6.45) is -0.314. The number of para-hydroxylation sites is 2. The van der Waals surface area contributed by atoms with Crippen molar-refractivity contribution < 1.29 is 32.2 Å². The lowest BCUT2D eigenvalue weighted by Gasteiger charge is -2.21. The van der Waals surface area contributed by atoms with Crippen molar-refractivity contribution in [1.29, 1.82) is 0 Å². The van der Waals surface area contributed by atoms with Gasteiger partial charge >= 0.3 is 11.9 Å². The molecule has 8 nitrogen and oxygen atoms in total. The van der Waals surface area contributed by atoms with Gasteiger partial charge in [-0.05, 0) is 50.2 Å². The van der Waals surface area contributed by atoms with Crippen molar-refractivity contribution in [2.24, 2.45) is 0 Å². The minimum absolute atomic E-state index is 0.0123. The van der Waals surface area contributed by atoms with Gasteiger partial charge in [-0.2, -0.15) is 0 Å². The first kappa shape index (κ1) is 22.2. The number of esters is 2. The van der Waals surface area contributed by atoms with Gasteiger partial charge in [0.2, 0.25) is 0 Å². The van der Waals surface area contributed by atoms with Gasteiger partial charge in [0.15, 0.2) is 6.61 Å². The molecule has 0 N–H and O–H groups in total. The Balaban J connectivity index is 2.14. The van der Waals surface area contributed by atoms with E-state index in [-0.39, 0.29) is 16.6 Å². The Morgan fingerprint density at radius 1 is 1.03 bits per heavy atom. The number of carbonyl (C=O) groups is 2. The first-order valence-electron chi connectivity index (χ1n) is 8.75. The van der Waals surface area contributed by atoms with Crippen LogP contribution in [-0.2, 0) is 24.3 Å². The number of nitrogens with zero attached hydrogens (tertiary/aromatic N) is 1. The Morgan fingerprint density at radius 2 is 1.66 bits per heavy atom. The van der Waals surface area contributed by atoms with E-state index in [9.17, 15) is 18.0 Å². The van der Waals surface area contributed by atoms with Gasteiger partial charge in [0.25, 0.3) is 10.0 Å². The topological polar surface area (TPSA) is 99.2 Å². The molecule has 0 saturated heterocycles. The molecule has 0 saturated carbocycles. The zero-order chi connectivity index (χ0) is 21.6. The normalized spacial score (nSPS) is 11.1. The zero-order valence-corrected chi connectivity index (χ0v) is 17.4. The Kier molecular flexibility index (Phi) is 7.22. The van der Waals surface area contributed by atoms with Crippen molar-refractivity contribution >= 4 is 27.6 Å². The van der Waals surface area contributed by atoms with Crippen LogP contribution in [0.4, 0.5) is 5.69 Å². The Labute approximate surface area is 170 Å². The van der Waals surface area contributed by atoms with Crippen LogP contribution in [0.2, 0.25) is 0 Å². The molecule has 0 radical (unpaired) electrons. The maximum absolute atomic E-state index is 12.9. The van der Waals surface area contributed by atoms with Gasteiger partial charge in [-0.1, -0.05) is 12.1 Å². The Hall–Kier alpha value is -3.07. The lowest BCUT2D eigenvalue weighted by Crippen LogP contribution is -2.27. The van der Waals surface area contributed by atoms with E-state index in [1.807, 2.05) is 0 Å². The van der Waals surface area contributed by atoms with Crippen LogP contribution in [0.5, 0.6) is 5.75 Å². The van der Waals surface area contributed by atoms with E-state index >= 15 is 0 Å². The monoisotopic (exact) mass is 421 g/mol. The highest BCUT2D eigenvalue weighted by Crippen LogP contribution is 2.30. The quantitative estimate of drug-likeness (QED) is 0.604. The third-order valence-corrected chi connectivity index (χ3v) is 5.65. The van der Waals surface area contributed by atoms with E-state index in [1.165, 1.54) is 38.4 Å². The molecule has 0 bridgehead atoms. The number of benzene rings is 2. The molecular weight excluding hydrogens is 398 g/mol. The highest BCUT2D eigenvalue weighted by molar-refractivity contribution is 7.92. The second-order valence-electron chi connectivity index (χ2n) is 6.28. The van der Waals surface area contributed by atoms with Gasteiger partial charge in [0.05, 0.1) is 29.4 Å². The molecule has 0 aliphatic rings. The van der Waals surface area contributed by atoms with Crippen molar-refractivity contribution in [2.75, 3.05) is 25.1 Å². The summed E-state index contributed by atoms with van der Waals surface area (Å²) in [5.74, 6) is -1.01. The van der Waals surface area contributed by atoms with Gasteiger partial charge in [-0.25, -0.2) is 18.0 Å². The molecule has 0 atom stereocenters. The lowest BCUT2D eigenvalue weighted by molar-refractivity contribution is -0.150. The van der Waals surface area contributed by atoms with Gasteiger partial charge in [-0.3, -0.25) is 4.31 Å². The SMILES string of the molecule is COc1ccccc1N(C)S(=O)(=O)c1ccc(C(=O)OCC(=O)OC(C)C)cc1. The average molecular weight is 421 g/mol. The fourth-order valence-electron chi connectivity index (χ4n) is 2.45. The maximum atomic E-state index is 12.9. The summed E-state index contributed by atoms with van der Waals surface area (Å²) in [6, 6.07) is 11.9. The van der Waals surface area contributed by atoms with Gasteiger partial charge in [-0.15, -0.1) is 0 Å². The second-order valence-corrected chi connectivity index (χ2v) is 8.25. The van der Waals surface area contributed by atoms with Crippen LogP contribution in [-0.4, -0.2) is 47.2 Å². The lowest BCUT2D eigenvalue weighted by atomic mass is 10.2. The van der Waals surface area contributed by atoms with Crippen LogP contribution in [0.25, 0.3) is 0 Å². The fraction of sp³-hybridized carbons (Fsp3) is 0.300. The molecule has 0 fully saturated rings. The van der Waals surface area contributed by atoms with Gasteiger partial charge in [0, 0.05) is 7.05 Å². The van der Waals surface area contributed by atoms with E-state index in [1.54, 1.807) is 38.1 Å². The highest BCUT2D eigenvalue weighted by Gasteiger charge is 2.24. The number of anilines is 1. The average Bonchev–Trinajstić information content (AvgIpc) is 2.71. The van der Waals surface area contributed by atoms with E-state index in [2.05, 4.69) is 0 Å². The van der Waals surface area contributed by atoms with Crippen molar-refractivity contribution in [3.8, 4) is 5.75 Å². The molecule has 156 valence electrons. The van der Waals surface area contributed by atoms with Crippen molar-refractivity contribution in [3.63, 3.8) is 0 Å². The maximum Gasteiger partial charge on any atom is 0.344 e. The summed E-state index contributed by atoms with van der Waals surface area (Å²) < 4.78 is 41.8. The Bertz CT molecular complexity index is 969. The smallest absolute Gasteiger partial charge is 0.344 e. The van der Waals surface area contributed by atoms with Crippen molar-refractivity contribution in [3.05, 3.63) is 54.1 Å². The van der Waals surface area contributed by atoms with Crippen LogP contribution < -0.4 is 9.04 Å². The van der Waals surface area contributed by atoms with Crippen LogP contribution in [0, 0.1) is 0 Å². The molecule has 0 aromatic heterocycles. The van der Waals surface area contributed by atoms with Gasteiger partial charge < -0.3 is 14.2 Å². The minimum Gasteiger partial charge on any atom is -0.495 e. The number of ether oxygens (including phenoxy) is 3. The molecule has 2 aromatic rings. The van der Waals surface area contributed by atoms with E-state index in [4.69, 9.17) is 14.2 Å². The van der Waals surface area contributed by atoms with Crippen LogP contribution >= 0.6 is 0 Å². The molecule has 29 heavy (non-hydrogen) atoms. The summed E-state index contributed by atoms with van der Waals surface area (Å²) in [4.78, 5) is 23.5. The Morgan fingerprint density at radius 3 is 2.24 bits per heavy atom. The molecule has 2 rings (SSSR count). The first-order chi connectivity index (χ1) is 13.7. The number of carbonyl (C=O) groups excluding carboxylic acids is 2. The molecule has 0 unspecified atom stereocenters. The molecular formula is C20H23NO7S. The predicted octanol–water partition coefficient (Wildman–Crippen LogP) is 2.63. The van der Waals surface area contributed by atoms with Crippen LogP contribution in [0.1, 0.15) is 24.2 Å². The van der Waals surface area contributed by atoms with Crippen molar-refractivity contribution in [2.45, 2.75) is 24.8 Å². The summed E-state index contributed by atoms with van der Waals surface area (Å²) in [6.45, 7) is 2.84. The molecule has 0 amide bonds. The van der Waals surface area contributed by atoms with E-state index in [0.29, 0.717) is 11.4 Å². The van der Waals surface area contributed by atoms with Gasteiger partial charge in [0.1, 0.15) is 5.75 Å². The predicted molar refractivity (Wildman–Crippen MR) is 107 cm³/mol. The molecule has 9 heteroatoms. The molecule has 0 aliphatic heterocycles. The zero-order valence-electron chi connectivity index (χ0n) is 16.6. The second kappa shape index (κ2) is 9.42. The number of hydrogen-bond donors (Lipinski definition) is 0. The number of methoxy groups -OCH3 is 1. The molecule has 2 aromatic carbocycles. The summed E-state index contributed by atoms with van der Waals surface area (Å²) in [5.41, 5.74) is 0.489. The van der Waals surface area contributed by atoms with E-state index in [0.717, 1.165) is 4.31 Å². The summed E-state index contributed by atoms with van der Waals surface area (Å²) >= 11 is 0. The van der Waals surface area contributed by atoms with Crippen LogP contribution in [0.15, 0.2) is 53.4 Å². The number of rotatable bonds is 8. The largest absolute Gasteiger partial charge is 0.495 e. The third kappa shape index (κ3) is 5.47. The highest BCUT2D eigenvalue weighted by atomic mass is 32.2. The molecule has 0 heterocycles. The standard InChI is InChI=1S/C20H23NO7S/c1-14(2)28-19(22)13-27-20(23)15-9-11-16(12-10-15)29(24,25)21(3)17-7-5-6-8-18(17)26-4/h5-12,14H,13H2,1-4H3. The number of hydrogen-bond acceptors (Lipinski definition) is 7. The number of sulfonamides is 1. The molecule has 0 spiro atoms. The summed E-state index contributed by atoms with van der Waals surface area (Å²) in [5, 5.41) is 0. The first-order valence-corrected chi connectivity index (χ1v) is 10.2. The molecule has 0 aliphatic carbocycles. The third-order valence-electron chi connectivity index (χ3n) is 3.86.